The fourth-order valence-corrected chi connectivity index (χ4v) is 4.00. The zero-order valence-corrected chi connectivity index (χ0v) is 12.9. The third kappa shape index (κ3) is 3.20. The van der Waals surface area contributed by atoms with E-state index in [4.69, 9.17) is 5.73 Å². The second-order valence-corrected chi connectivity index (χ2v) is 7.40. The van der Waals surface area contributed by atoms with E-state index < -0.39 is 10.0 Å². The van der Waals surface area contributed by atoms with E-state index in [-0.39, 0.29) is 11.6 Å². The molecule has 0 amide bonds. The third-order valence-electron chi connectivity index (χ3n) is 3.45. The average molecular weight is 301 g/mol. The lowest BCUT2D eigenvalue weighted by molar-refractivity contribution is 0.172. The number of aromatic nitrogens is 2. The first kappa shape index (κ1) is 15.4. The maximum absolute atomic E-state index is 12.5. The van der Waals surface area contributed by atoms with Gasteiger partial charge in [-0.1, -0.05) is 13.8 Å². The lowest BCUT2D eigenvalue weighted by Crippen LogP contribution is -2.49. The van der Waals surface area contributed by atoms with Crippen LogP contribution >= 0.6 is 0 Å². The maximum Gasteiger partial charge on any atom is 0.260 e. The highest BCUT2D eigenvalue weighted by molar-refractivity contribution is 7.89. The van der Waals surface area contributed by atoms with Crippen LogP contribution in [-0.4, -0.2) is 60.5 Å². The van der Waals surface area contributed by atoms with Crippen molar-refractivity contribution in [3.8, 4) is 0 Å². The fraction of sp³-hybridized carbons (Fsp3) is 0.750. The number of nitrogens with zero attached hydrogens (tertiary/aromatic N) is 3. The van der Waals surface area contributed by atoms with Crippen molar-refractivity contribution >= 4 is 10.0 Å². The largest absolute Gasteiger partial charge is 0.326 e. The predicted octanol–water partition coefficient (Wildman–Crippen LogP) is -0.169. The Bertz CT molecular complexity index is 532. The molecule has 20 heavy (non-hydrogen) atoms. The second-order valence-electron chi connectivity index (χ2n) is 5.53. The standard InChI is InChI=1S/C12H23N5O2S/c1-10(2)9-16-3-5-17(6-4-16)20(18,19)12-11(7-13)8-14-15-12/h8,10H,3-7,9,13H2,1-2H3,(H,14,15). The summed E-state index contributed by atoms with van der Waals surface area (Å²) in [4.78, 5) is 2.30. The van der Waals surface area contributed by atoms with Crippen LogP contribution in [0, 0.1) is 5.92 Å². The van der Waals surface area contributed by atoms with Gasteiger partial charge in [0, 0.05) is 44.8 Å². The Morgan fingerprint density at radius 3 is 2.55 bits per heavy atom. The highest BCUT2D eigenvalue weighted by atomic mass is 32.2. The smallest absolute Gasteiger partial charge is 0.260 e. The van der Waals surface area contributed by atoms with Crippen LogP contribution in [0.3, 0.4) is 0 Å². The third-order valence-corrected chi connectivity index (χ3v) is 5.36. The van der Waals surface area contributed by atoms with Crippen LogP contribution in [-0.2, 0) is 16.6 Å². The van der Waals surface area contributed by atoms with E-state index in [0.717, 1.165) is 19.6 Å². The molecule has 0 bridgehead atoms. The number of sulfonamides is 1. The lowest BCUT2D eigenvalue weighted by atomic mass is 10.2. The summed E-state index contributed by atoms with van der Waals surface area (Å²) >= 11 is 0. The Morgan fingerprint density at radius 1 is 1.35 bits per heavy atom. The molecule has 1 aromatic rings. The number of nitrogens with one attached hydrogen (secondary N) is 1. The van der Waals surface area contributed by atoms with Gasteiger partial charge < -0.3 is 10.6 Å². The van der Waals surface area contributed by atoms with E-state index in [1.807, 2.05) is 0 Å². The number of aromatic amines is 1. The van der Waals surface area contributed by atoms with Gasteiger partial charge in [-0.3, -0.25) is 5.10 Å². The molecule has 1 aliphatic heterocycles. The molecule has 2 rings (SSSR count). The number of piperazine rings is 1. The predicted molar refractivity (Wildman–Crippen MR) is 76.5 cm³/mol. The number of rotatable bonds is 5. The van der Waals surface area contributed by atoms with Gasteiger partial charge in [0.25, 0.3) is 10.0 Å². The Labute approximate surface area is 120 Å². The molecule has 114 valence electrons. The van der Waals surface area contributed by atoms with Gasteiger partial charge in [0.15, 0.2) is 5.03 Å². The summed E-state index contributed by atoms with van der Waals surface area (Å²) < 4.78 is 26.6. The van der Waals surface area contributed by atoms with Crippen molar-refractivity contribution in [1.29, 1.82) is 0 Å². The molecule has 0 aromatic carbocycles. The van der Waals surface area contributed by atoms with Crippen LogP contribution < -0.4 is 5.73 Å². The molecule has 1 aliphatic rings. The number of hydrogen-bond donors (Lipinski definition) is 2. The number of H-pyrrole nitrogens is 1. The molecule has 0 aliphatic carbocycles. The maximum atomic E-state index is 12.5. The van der Waals surface area contributed by atoms with Crippen LogP contribution in [0.1, 0.15) is 19.4 Å². The quantitative estimate of drug-likeness (QED) is 0.787. The summed E-state index contributed by atoms with van der Waals surface area (Å²) in [5, 5.41) is 6.49. The monoisotopic (exact) mass is 301 g/mol. The van der Waals surface area contributed by atoms with Gasteiger partial charge in [-0.05, 0) is 5.92 Å². The molecule has 3 N–H and O–H groups in total. The molecule has 1 aromatic heterocycles. The number of nitrogens with two attached hydrogens (primary N) is 1. The SMILES string of the molecule is CC(C)CN1CCN(S(=O)(=O)c2[nH]ncc2CN)CC1. The Balaban J connectivity index is 2.06. The molecule has 1 saturated heterocycles. The minimum atomic E-state index is -3.50. The molecular formula is C12H23N5O2S. The molecule has 0 atom stereocenters. The molecule has 0 spiro atoms. The van der Waals surface area contributed by atoms with E-state index in [0.29, 0.717) is 24.6 Å². The normalized spacial score (nSPS) is 18.8. The summed E-state index contributed by atoms with van der Waals surface area (Å²) in [5.74, 6) is 0.592. The van der Waals surface area contributed by atoms with E-state index in [9.17, 15) is 8.42 Å². The van der Waals surface area contributed by atoms with Crippen molar-refractivity contribution in [2.45, 2.75) is 25.4 Å². The first-order valence-electron chi connectivity index (χ1n) is 6.90. The highest BCUT2D eigenvalue weighted by Gasteiger charge is 2.31. The number of hydrogen-bond acceptors (Lipinski definition) is 5. The molecule has 0 saturated carbocycles. The van der Waals surface area contributed by atoms with Crippen molar-refractivity contribution in [2.24, 2.45) is 11.7 Å². The van der Waals surface area contributed by atoms with E-state index in [1.165, 1.54) is 10.5 Å². The Kier molecular flexibility index (Phi) is 4.79. The van der Waals surface area contributed by atoms with Crippen molar-refractivity contribution in [3.05, 3.63) is 11.8 Å². The molecular weight excluding hydrogens is 278 g/mol. The topological polar surface area (TPSA) is 95.3 Å². The van der Waals surface area contributed by atoms with E-state index in [2.05, 4.69) is 28.9 Å². The minimum absolute atomic E-state index is 0.136. The van der Waals surface area contributed by atoms with Gasteiger partial charge in [0.2, 0.25) is 0 Å². The van der Waals surface area contributed by atoms with Crippen molar-refractivity contribution in [3.63, 3.8) is 0 Å². The van der Waals surface area contributed by atoms with Crippen molar-refractivity contribution in [2.75, 3.05) is 32.7 Å². The van der Waals surface area contributed by atoms with Crippen LogP contribution in [0.4, 0.5) is 0 Å². The van der Waals surface area contributed by atoms with Gasteiger partial charge in [-0.15, -0.1) is 0 Å². The van der Waals surface area contributed by atoms with E-state index >= 15 is 0 Å². The zero-order chi connectivity index (χ0) is 14.8. The molecule has 0 unspecified atom stereocenters. The first-order valence-corrected chi connectivity index (χ1v) is 8.34. The van der Waals surface area contributed by atoms with Gasteiger partial charge in [0.05, 0.1) is 6.20 Å². The van der Waals surface area contributed by atoms with Crippen LogP contribution in [0.2, 0.25) is 0 Å². The molecule has 0 radical (unpaired) electrons. The van der Waals surface area contributed by atoms with Gasteiger partial charge in [-0.25, -0.2) is 8.42 Å². The van der Waals surface area contributed by atoms with Crippen LogP contribution in [0.15, 0.2) is 11.2 Å². The summed E-state index contributed by atoms with van der Waals surface area (Å²) in [7, 11) is -3.50. The highest BCUT2D eigenvalue weighted by Crippen LogP contribution is 2.19. The molecule has 7 nitrogen and oxygen atoms in total. The second kappa shape index (κ2) is 6.21. The Morgan fingerprint density at radius 2 is 2.00 bits per heavy atom. The zero-order valence-electron chi connectivity index (χ0n) is 12.0. The minimum Gasteiger partial charge on any atom is -0.326 e. The van der Waals surface area contributed by atoms with Crippen molar-refractivity contribution < 1.29 is 8.42 Å². The summed E-state index contributed by atoms with van der Waals surface area (Å²) in [6.45, 7) is 8.07. The lowest BCUT2D eigenvalue weighted by Gasteiger charge is -2.34. The summed E-state index contributed by atoms with van der Waals surface area (Å²) in [6, 6.07) is 0. The summed E-state index contributed by atoms with van der Waals surface area (Å²) in [5.41, 5.74) is 6.08. The molecule has 8 heteroatoms. The molecule has 2 heterocycles. The first-order chi connectivity index (χ1) is 9.45. The van der Waals surface area contributed by atoms with Gasteiger partial charge in [0.1, 0.15) is 0 Å². The van der Waals surface area contributed by atoms with Gasteiger partial charge >= 0.3 is 0 Å². The van der Waals surface area contributed by atoms with Crippen LogP contribution in [0.25, 0.3) is 0 Å². The molecule has 1 fully saturated rings. The average Bonchev–Trinajstić information content (AvgIpc) is 2.87. The Hall–Kier alpha value is -0.960. The van der Waals surface area contributed by atoms with Crippen molar-refractivity contribution in [1.82, 2.24) is 19.4 Å². The summed E-state index contributed by atoms with van der Waals surface area (Å²) in [6.07, 6.45) is 1.47. The van der Waals surface area contributed by atoms with E-state index in [1.54, 1.807) is 0 Å². The van der Waals surface area contributed by atoms with Gasteiger partial charge in [-0.2, -0.15) is 9.40 Å². The fourth-order valence-electron chi connectivity index (χ4n) is 2.47. The van der Waals surface area contributed by atoms with Crippen LogP contribution in [0.5, 0.6) is 0 Å².